The molecule has 3 rings (SSSR count). The van der Waals surface area contributed by atoms with Gasteiger partial charge in [0, 0.05) is 23.3 Å². The number of carbonyl (C=O) groups excluding carboxylic acids is 1. The number of amides is 1. The molecule has 9 heteroatoms. The fourth-order valence-corrected chi connectivity index (χ4v) is 2.80. The second kappa shape index (κ2) is 8.50. The van der Waals surface area contributed by atoms with E-state index >= 15 is 0 Å². The molecule has 29 heavy (non-hydrogen) atoms. The number of nitrogens with zero attached hydrogens (tertiary/aromatic N) is 1. The van der Waals surface area contributed by atoms with Gasteiger partial charge >= 0.3 is 6.18 Å². The molecule has 1 unspecified atom stereocenters. The Hall–Kier alpha value is -3.10. The molecule has 6 nitrogen and oxygen atoms in total. The lowest BCUT2D eigenvalue weighted by Gasteiger charge is -2.16. The molecule has 0 aromatic heterocycles. The molecule has 1 atom stereocenters. The third kappa shape index (κ3) is 5.69. The average Bonchev–Trinajstić information content (AvgIpc) is 3.49. The maximum absolute atomic E-state index is 12.7. The van der Waals surface area contributed by atoms with Crippen molar-refractivity contribution in [3.8, 4) is 0 Å². The Balaban J connectivity index is 1.64. The monoisotopic (exact) mass is 405 g/mol. The number of halogens is 3. The van der Waals surface area contributed by atoms with E-state index in [2.05, 4.69) is 20.9 Å². The van der Waals surface area contributed by atoms with Crippen LogP contribution in [-0.4, -0.2) is 36.2 Å². The van der Waals surface area contributed by atoms with Crippen molar-refractivity contribution in [3.63, 3.8) is 0 Å². The summed E-state index contributed by atoms with van der Waals surface area (Å²) in [5, 5.41) is 16.0. The number of hydrogen-bond acceptors (Lipinski definition) is 5. The fraction of sp³-hybridized carbons (Fsp3) is 0.350. The molecule has 3 aliphatic rings. The van der Waals surface area contributed by atoms with Gasteiger partial charge in [-0.05, 0) is 43.9 Å². The average molecular weight is 405 g/mol. The Kier molecular flexibility index (Phi) is 6.05. The molecule has 1 fully saturated rings. The van der Waals surface area contributed by atoms with E-state index < -0.39 is 11.9 Å². The lowest BCUT2D eigenvalue weighted by Crippen LogP contribution is -2.36. The highest BCUT2D eigenvalue weighted by Gasteiger charge is 2.35. The second-order valence-corrected chi connectivity index (χ2v) is 6.94. The fourth-order valence-electron chi connectivity index (χ4n) is 2.80. The summed E-state index contributed by atoms with van der Waals surface area (Å²) in [5.41, 5.74) is 0.692. The Morgan fingerprint density at radius 3 is 2.76 bits per heavy atom. The summed E-state index contributed by atoms with van der Waals surface area (Å²) in [6, 6.07) is -0.379. The summed E-state index contributed by atoms with van der Waals surface area (Å²) in [6.45, 7) is 2.20. The molecule has 0 aromatic carbocycles. The minimum Gasteiger partial charge on any atom is -0.372 e. The van der Waals surface area contributed by atoms with Crippen LogP contribution in [0.5, 0.6) is 0 Å². The summed E-state index contributed by atoms with van der Waals surface area (Å²) in [7, 11) is 0. The van der Waals surface area contributed by atoms with Crippen LogP contribution < -0.4 is 16.0 Å². The van der Waals surface area contributed by atoms with Crippen LogP contribution >= 0.6 is 0 Å². The second-order valence-electron chi connectivity index (χ2n) is 6.94. The van der Waals surface area contributed by atoms with Gasteiger partial charge in [0.25, 0.3) is 5.91 Å². The number of rotatable bonds is 6. The zero-order valence-electron chi connectivity index (χ0n) is 15.8. The van der Waals surface area contributed by atoms with E-state index in [1.807, 2.05) is 0 Å². The molecule has 1 saturated carbocycles. The summed E-state index contributed by atoms with van der Waals surface area (Å²) in [5.74, 6) is -0.269. The molecule has 0 saturated heterocycles. The molecular weight excluding hydrogens is 383 g/mol. The highest BCUT2D eigenvalue weighted by atomic mass is 19.4. The number of carbonyl (C=O) groups is 1. The minimum absolute atomic E-state index is 0.00253. The topological polar surface area (TPSA) is 89.4 Å². The van der Waals surface area contributed by atoms with Crippen molar-refractivity contribution < 1.29 is 18.0 Å². The van der Waals surface area contributed by atoms with Crippen molar-refractivity contribution in [1.29, 1.82) is 5.41 Å². The predicted octanol–water partition coefficient (Wildman–Crippen LogP) is 2.85. The van der Waals surface area contributed by atoms with E-state index in [-0.39, 0.29) is 17.9 Å². The standard InChI is InChI=1S/C20H22F3N5O/c1-12-16(10-25-11-26-12)19(29)28-15-4-2-3-14(7-8-15)27-17(13-5-6-13)9-18(24)20(21,22)23/h2-4,7-10,13,15,24-25,27H,5-6,11H2,1H3,(H,28,29)/b17-9-,24-18?. The lowest BCUT2D eigenvalue weighted by atomic mass is 10.1. The quantitative estimate of drug-likeness (QED) is 0.513. The van der Waals surface area contributed by atoms with Crippen LogP contribution in [-0.2, 0) is 4.79 Å². The van der Waals surface area contributed by atoms with Crippen molar-refractivity contribution >= 4 is 17.3 Å². The van der Waals surface area contributed by atoms with Gasteiger partial charge in [0.15, 0.2) is 0 Å². The van der Waals surface area contributed by atoms with Gasteiger partial charge in [-0.1, -0.05) is 18.2 Å². The van der Waals surface area contributed by atoms with E-state index in [9.17, 15) is 18.0 Å². The maximum Gasteiger partial charge on any atom is 0.432 e. The molecular formula is C20H22F3N5O. The van der Waals surface area contributed by atoms with Gasteiger partial charge in [-0.3, -0.25) is 15.2 Å². The molecule has 4 N–H and O–H groups in total. The Labute approximate surface area is 166 Å². The van der Waals surface area contributed by atoms with Crippen LogP contribution in [0.15, 0.2) is 64.6 Å². The number of hydrogen-bond donors (Lipinski definition) is 4. The zero-order valence-corrected chi connectivity index (χ0v) is 15.8. The summed E-state index contributed by atoms with van der Waals surface area (Å²) < 4.78 is 38.1. The van der Waals surface area contributed by atoms with Gasteiger partial charge in [-0.25, -0.2) is 0 Å². The number of aliphatic imine (C=N–C) groups is 1. The van der Waals surface area contributed by atoms with Crippen LogP contribution in [0.25, 0.3) is 0 Å². The largest absolute Gasteiger partial charge is 0.432 e. The first-order chi connectivity index (χ1) is 13.7. The normalized spacial score (nSPS) is 22.0. The van der Waals surface area contributed by atoms with Crippen molar-refractivity contribution in [2.75, 3.05) is 6.67 Å². The first kappa shape index (κ1) is 20.6. The highest BCUT2D eigenvalue weighted by molar-refractivity contribution is 6.21. The SMILES string of the molecule is CC1=NCNC=C1C(=O)NC1C=CC=C(N/C(=C\C(=N)C(F)(F)F)C2CC2)C=C1. The molecule has 1 heterocycles. The molecule has 0 spiro atoms. The predicted molar refractivity (Wildman–Crippen MR) is 105 cm³/mol. The van der Waals surface area contributed by atoms with E-state index in [1.54, 1.807) is 43.5 Å². The van der Waals surface area contributed by atoms with Gasteiger partial charge in [0.1, 0.15) is 12.4 Å². The number of allylic oxidation sites excluding steroid dienone is 5. The van der Waals surface area contributed by atoms with E-state index in [4.69, 9.17) is 5.41 Å². The van der Waals surface area contributed by atoms with Gasteiger partial charge < -0.3 is 16.0 Å². The van der Waals surface area contributed by atoms with Gasteiger partial charge in [-0.2, -0.15) is 13.2 Å². The first-order valence-electron chi connectivity index (χ1n) is 9.21. The van der Waals surface area contributed by atoms with Gasteiger partial charge in [0.2, 0.25) is 0 Å². The molecule has 0 radical (unpaired) electrons. The molecule has 1 aliphatic heterocycles. The third-order valence-corrected chi connectivity index (χ3v) is 4.57. The zero-order chi connectivity index (χ0) is 21.0. The van der Waals surface area contributed by atoms with Crippen molar-refractivity contribution in [3.05, 3.63) is 59.6 Å². The van der Waals surface area contributed by atoms with Crippen LogP contribution in [0.3, 0.4) is 0 Å². The van der Waals surface area contributed by atoms with E-state index in [0.29, 0.717) is 29.3 Å². The van der Waals surface area contributed by atoms with Gasteiger partial charge in [0.05, 0.1) is 11.6 Å². The van der Waals surface area contributed by atoms with E-state index in [1.165, 1.54) is 0 Å². The van der Waals surface area contributed by atoms with Crippen molar-refractivity contribution in [2.24, 2.45) is 10.9 Å². The third-order valence-electron chi connectivity index (χ3n) is 4.57. The highest BCUT2D eigenvalue weighted by Crippen LogP contribution is 2.36. The molecule has 1 amide bonds. The number of alkyl halides is 3. The summed E-state index contributed by atoms with van der Waals surface area (Å²) in [6.07, 6.45) is 8.03. The van der Waals surface area contributed by atoms with Crippen molar-refractivity contribution in [2.45, 2.75) is 32.0 Å². The number of nitrogens with one attached hydrogen (secondary N) is 4. The molecule has 2 aliphatic carbocycles. The van der Waals surface area contributed by atoms with Crippen LogP contribution in [0.1, 0.15) is 19.8 Å². The summed E-state index contributed by atoms with van der Waals surface area (Å²) in [4.78, 5) is 16.6. The van der Waals surface area contributed by atoms with Crippen LogP contribution in [0.2, 0.25) is 0 Å². The smallest absolute Gasteiger partial charge is 0.372 e. The van der Waals surface area contributed by atoms with Gasteiger partial charge in [-0.15, -0.1) is 0 Å². The Morgan fingerprint density at radius 2 is 2.10 bits per heavy atom. The Bertz CT molecular complexity index is 873. The maximum atomic E-state index is 12.7. The lowest BCUT2D eigenvalue weighted by molar-refractivity contribution is -0.117. The molecule has 0 aromatic rings. The van der Waals surface area contributed by atoms with Crippen molar-refractivity contribution in [1.82, 2.24) is 16.0 Å². The Morgan fingerprint density at radius 1 is 1.34 bits per heavy atom. The first-order valence-corrected chi connectivity index (χ1v) is 9.21. The van der Waals surface area contributed by atoms with E-state index in [0.717, 1.165) is 18.9 Å². The summed E-state index contributed by atoms with van der Waals surface area (Å²) >= 11 is 0. The van der Waals surface area contributed by atoms with Crippen LogP contribution in [0, 0.1) is 11.3 Å². The van der Waals surface area contributed by atoms with Crippen LogP contribution in [0.4, 0.5) is 13.2 Å². The molecule has 0 bridgehead atoms. The minimum atomic E-state index is -4.67. The molecule has 154 valence electrons.